The van der Waals surface area contributed by atoms with E-state index < -0.39 is 18.3 Å². The maximum Gasteiger partial charge on any atom is 0.410 e. The van der Waals surface area contributed by atoms with Gasteiger partial charge in [-0.05, 0) is 51.3 Å². The molecule has 3 aliphatic heterocycles. The van der Waals surface area contributed by atoms with Gasteiger partial charge in [-0.25, -0.2) is 9.59 Å². The maximum absolute atomic E-state index is 12.8. The first-order valence-corrected chi connectivity index (χ1v) is 15.1. The average Bonchev–Trinajstić information content (AvgIpc) is 3.38. The van der Waals surface area contributed by atoms with Crippen molar-refractivity contribution in [3.05, 3.63) is 36.0 Å². The van der Waals surface area contributed by atoms with Crippen LogP contribution in [0.15, 0.2) is 36.0 Å². The molecule has 10 heteroatoms. The van der Waals surface area contributed by atoms with Gasteiger partial charge in [-0.3, -0.25) is 4.79 Å². The number of hydrogen-bond donors (Lipinski definition) is 1. The van der Waals surface area contributed by atoms with Crippen molar-refractivity contribution in [2.24, 2.45) is 11.8 Å². The number of nitrogens with zero attached hydrogens (tertiary/aromatic N) is 3. The standard InChI is InChI=1S/C31H49N3O7/c1-23(22-39-30(37)34-16-15-26(35)21-34)9-8-10-24(2)29-25(3)13-14-27(11-6-5-7-12-28(36)41-29)40-31(38)33-19-17-32(4)18-20-33/h8-10,13-14,23,25-27,29,35H,5-7,11-12,15-22H2,1-4H3/b9-8+,14-13+,24-10+/t23?,25-,26+,27+,29+/m0/s1. The van der Waals surface area contributed by atoms with Crippen molar-refractivity contribution < 1.29 is 33.7 Å². The van der Waals surface area contributed by atoms with Crippen LogP contribution in [0, 0.1) is 11.8 Å². The monoisotopic (exact) mass is 575 g/mol. The van der Waals surface area contributed by atoms with Crippen molar-refractivity contribution in [2.75, 3.05) is 52.9 Å². The lowest BCUT2D eigenvalue weighted by atomic mass is 9.95. The Morgan fingerprint density at radius 3 is 2.54 bits per heavy atom. The summed E-state index contributed by atoms with van der Waals surface area (Å²) in [5.74, 6) is -0.345. The molecule has 0 radical (unpaired) electrons. The van der Waals surface area contributed by atoms with Gasteiger partial charge in [0.25, 0.3) is 0 Å². The van der Waals surface area contributed by atoms with E-state index in [0.717, 1.165) is 44.3 Å². The Hall–Kier alpha value is -2.85. The van der Waals surface area contributed by atoms with Gasteiger partial charge in [0.1, 0.15) is 12.2 Å². The second-order valence-electron chi connectivity index (χ2n) is 11.7. The van der Waals surface area contributed by atoms with Crippen LogP contribution >= 0.6 is 0 Å². The molecule has 0 aromatic carbocycles. The molecule has 230 valence electrons. The minimum absolute atomic E-state index is 0.0116. The van der Waals surface area contributed by atoms with Crippen LogP contribution in [-0.2, 0) is 19.0 Å². The van der Waals surface area contributed by atoms with Gasteiger partial charge in [0.15, 0.2) is 0 Å². The van der Waals surface area contributed by atoms with Crippen LogP contribution in [-0.4, -0.2) is 109 Å². The molecule has 0 aliphatic carbocycles. The number of ether oxygens (including phenoxy) is 3. The van der Waals surface area contributed by atoms with Gasteiger partial charge in [-0.2, -0.15) is 0 Å². The van der Waals surface area contributed by atoms with E-state index in [4.69, 9.17) is 14.2 Å². The molecule has 1 unspecified atom stereocenters. The van der Waals surface area contributed by atoms with E-state index in [1.54, 1.807) is 4.90 Å². The summed E-state index contributed by atoms with van der Waals surface area (Å²) < 4.78 is 17.2. The minimum atomic E-state index is -0.474. The number of aliphatic hydroxyl groups excluding tert-OH is 1. The number of hydrogen-bond acceptors (Lipinski definition) is 8. The molecular formula is C31H49N3O7. The molecule has 2 amide bonds. The van der Waals surface area contributed by atoms with Crippen LogP contribution in [0.3, 0.4) is 0 Å². The maximum atomic E-state index is 12.8. The number of likely N-dealkylation sites (tertiary alicyclic amines) is 1. The summed E-state index contributed by atoms with van der Waals surface area (Å²) in [5, 5.41) is 9.60. The van der Waals surface area contributed by atoms with Crippen LogP contribution in [0.5, 0.6) is 0 Å². The smallest absolute Gasteiger partial charge is 0.410 e. The molecule has 2 saturated heterocycles. The lowest BCUT2D eigenvalue weighted by Crippen LogP contribution is -2.47. The highest BCUT2D eigenvalue weighted by atomic mass is 16.6. The lowest BCUT2D eigenvalue weighted by molar-refractivity contribution is -0.148. The topological polar surface area (TPSA) is 109 Å². The van der Waals surface area contributed by atoms with E-state index in [-0.39, 0.29) is 36.6 Å². The highest BCUT2D eigenvalue weighted by molar-refractivity contribution is 5.70. The number of carbonyl (C=O) groups excluding carboxylic acids is 3. The number of rotatable bonds is 6. The fourth-order valence-electron chi connectivity index (χ4n) is 5.14. The van der Waals surface area contributed by atoms with E-state index in [1.165, 1.54) is 4.90 Å². The molecule has 3 rings (SSSR count). The van der Waals surface area contributed by atoms with Crippen molar-refractivity contribution in [3.63, 3.8) is 0 Å². The van der Waals surface area contributed by atoms with E-state index in [0.29, 0.717) is 39.0 Å². The van der Waals surface area contributed by atoms with Gasteiger partial charge < -0.3 is 34.0 Å². The Morgan fingerprint density at radius 1 is 1.07 bits per heavy atom. The zero-order valence-corrected chi connectivity index (χ0v) is 25.2. The Labute approximate surface area is 245 Å². The Balaban J connectivity index is 1.59. The van der Waals surface area contributed by atoms with Crippen molar-refractivity contribution in [1.82, 2.24) is 14.7 Å². The predicted molar refractivity (Wildman–Crippen MR) is 156 cm³/mol. The van der Waals surface area contributed by atoms with Gasteiger partial charge in [0.05, 0.1) is 12.7 Å². The van der Waals surface area contributed by atoms with E-state index in [2.05, 4.69) is 11.9 Å². The summed E-state index contributed by atoms with van der Waals surface area (Å²) in [6, 6.07) is 0. The molecule has 0 aromatic rings. The quantitative estimate of drug-likeness (QED) is 0.218. The van der Waals surface area contributed by atoms with Crippen molar-refractivity contribution in [1.29, 1.82) is 0 Å². The first-order chi connectivity index (χ1) is 19.6. The van der Waals surface area contributed by atoms with Crippen LogP contribution in [0.2, 0.25) is 0 Å². The lowest BCUT2D eigenvalue weighted by Gasteiger charge is -2.32. The van der Waals surface area contributed by atoms with Crippen molar-refractivity contribution in [3.8, 4) is 0 Å². The summed E-state index contributed by atoms with van der Waals surface area (Å²) in [4.78, 5) is 43.0. The first-order valence-electron chi connectivity index (χ1n) is 15.1. The van der Waals surface area contributed by atoms with Crippen LogP contribution < -0.4 is 0 Å². The molecule has 5 atom stereocenters. The molecule has 0 saturated carbocycles. The number of likely N-dealkylation sites (N-methyl/N-ethyl adjacent to an activating group) is 1. The summed E-state index contributed by atoms with van der Waals surface area (Å²) in [6.07, 6.45) is 11.9. The number of carbonyl (C=O) groups is 3. The number of piperazine rings is 1. The molecule has 3 heterocycles. The minimum Gasteiger partial charge on any atom is -0.457 e. The molecular weight excluding hydrogens is 526 g/mol. The molecule has 3 aliphatic rings. The van der Waals surface area contributed by atoms with Crippen LogP contribution in [0.25, 0.3) is 0 Å². The molecule has 2 fully saturated rings. The molecule has 1 N–H and O–H groups in total. The van der Waals surface area contributed by atoms with Gasteiger partial charge >= 0.3 is 18.2 Å². The third-order valence-corrected chi connectivity index (χ3v) is 7.89. The van der Waals surface area contributed by atoms with E-state index >= 15 is 0 Å². The fraction of sp³-hybridized carbons (Fsp3) is 0.710. The number of amides is 2. The molecule has 0 aromatic heterocycles. The Kier molecular flexibility index (Phi) is 13.2. The zero-order chi connectivity index (χ0) is 29.8. The highest BCUT2D eigenvalue weighted by Gasteiger charge is 2.27. The summed E-state index contributed by atoms with van der Waals surface area (Å²) in [5.41, 5.74) is 0.894. The Morgan fingerprint density at radius 2 is 1.83 bits per heavy atom. The van der Waals surface area contributed by atoms with Crippen molar-refractivity contribution in [2.45, 2.75) is 77.6 Å². The molecule has 0 bridgehead atoms. The molecule has 41 heavy (non-hydrogen) atoms. The van der Waals surface area contributed by atoms with E-state index in [1.807, 2.05) is 51.2 Å². The summed E-state index contributed by atoms with van der Waals surface area (Å²) >= 11 is 0. The number of allylic oxidation sites excluding steroid dienone is 2. The fourth-order valence-corrected chi connectivity index (χ4v) is 5.14. The van der Waals surface area contributed by atoms with Crippen LogP contribution in [0.1, 0.15) is 59.3 Å². The number of β-amino-alcohol motifs (C(OH)–C–C–N with tert-alkyl or cyclic N) is 1. The highest BCUT2D eigenvalue weighted by Crippen LogP contribution is 2.22. The SMILES string of the molecule is C/C(=C\C=C\C(C)COC(=O)N1CC[C@@H](O)C1)[C@H]1OC(=O)CCCCC[C@@H](OC(=O)N2CCN(C)CC2)/C=C/[C@@H]1C. The summed E-state index contributed by atoms with van der Waals surface area (Å²) in [7, 11) is 2.05. The van der Waals surface area contributed by atoms with Gasteiger partial charge in [0, 0.05) is 57.5 Å². The third kappa shape index (κ3) is 11.2. The second-order valence-corrected chi connectivity index (χ2v) is 11.7. The van der Waals surface area contributed by atoms with Gasteiger partial charge in [-0.15, -0.1) is 0 Å². The first kappa shape index (κ1) is 32.7. The van der Waals surface area contributed by atoms with Crippen molar-refractivity contribution >= 4 is 18.2 Å². The van der Waals surface area contributed by atoms with E-state index in [9.17, 15) is 19.5 Å². The number of aliphatic hydroxyl groups is 1. The van der Waals surface area contributed by atoms with Crippen LogP contribution in [0.4, 0.5) is 9.59 Å². The van der Waals surface area contributed by atoms with Gasteiger partial charge in [0.2, 0.25) is 0 Å². The molecule has 10 nitrogen and oxygen atoms in total. The predicted octanol–water partition coefficient (Wildman–Crippen LogP) is 4.15. The summed E-state index contributed by atoms with van der Waals surface area (Å²) in [6.45, 7) is 9.97. The number of cyclic esters (lactones) is 1. The zero-order valence-electron chi connectivity index (χ0n) is 25.2. The Bertz CT molecular complexity index is 957. The average molecular weight is 576 g/mol. The normalized spacial score (nSPS) is 28.9. The van der Waals surface area contributed by atoms with Gasteiger partial charge in [-0.1, -0.05) is 44.6 Å². The molecule has 0 spiro atoms. The second kappa shape index (κ2) is 16.6. The largest absolute Gasteiger partial charge is 0.457 e. The number of esters is 1. The third-order valence-electron chi connectivity index (χ3n) is 7.89.